The van der Waals surface area contributed by atoms with E-state index in [1.165, 1.54) is 48.8 Å². The molecule has 3 aliphatic rings. The first-order chi connectivity index (χ1) is 11.6. The van der Waals surface area contributed by atoms with E-state index in [1.807, 2.05) is 0 Å². The maximum atomic E-state index is 4.06. The van der Waals surface area contributed by atoms with Crippen molar-refractivity contribution in [3.8, 4) is 0 Å². The van der Waals surface area contributed by atoms with Gasteiger partial charge in [0.15, 0.2) is 0 Å². The number of rotatable bonds is 3. The van der Waals surface area contributed by atoms with Crippen molar-refractivity contribution < 1.29 is 0 Å². The lowest BCUT2D eigenvalue weighted by molar-refractivity contribution is 0.290. The van der Waals surface area contributed by atoms with Crippen molar-refractivity contribution >= 4 is 0 Å². The molecular weight excluding hydrogens is 290 g/mol. The second-order valence-corrected chi connectivity index (χ2v) is 8.64. The zero-order valence-electron chi connectivity index (χ0n) is 14.8. The molecule has 1 unspecified atom stereocenters. The smallest absolute Gasteiger partial charge is 0.0674 e. The van der Waals surface area contributed by atoms with Gasteiger partial charge in [-0.1, -0.05) is 61.4 Å². The molecule has 1 fully saturated rings. The summed E-state index contributed by atoms with van der Waals surface area (Å²) in [5, 5.41) is 4.06. The quantitative estimate of drug-likeness (QED) is 0.794. The van der Waals surface area contributed by atoms with E-state index in [2.05, 4.69) is 67.7 Å². The Balaban J connectivity index is 1.67. The van der Waals surface area contributed by atoms with Crippen molar-refractivity contribution in [3.05, 3.63) is 70.8 Å². The van der Waals surface area contributed by atoms with E-state index in [1.54, 1.807) is 5.56 Å². The summed E-state index contributed by atoms with van der Waals surface area (Å²) in [5.74, 6) is 1.69. The molecular formula is C23H27N. The summed E-state index contributed by atoms with van der Waals surface area (Å²) in [5.41, 5.74) is 6.10. The van der Waals surface area contributed by atoms with E-state index < -0.39 is 0 Å². The van der Waals surface area contributed by atoms with E-state index in [0.29, 0.717) is 5.92 Å². The maximum Gasteiger partial charge on any atom is 0.0674 e. The van der Waals surface area contributed by atoms with Gasteiger partial charge in [0.1, 0.15) is 0 Å². The number of nitrogens with one attached hydrogen (secondary N) is 1. The van der Waals surface area contributed by atoms with Crippen LogP contribution in [0.5, 0.6) is 0 Å². The van der Waals surface area contributed by atoms with Gasteiger partial charge in [-0.05, 0) is 67.2 Å². The summed E-state index contributed by atoms with van der Waals surface area (Å²) in [7, 11) is 0. The lowest BCUT2D eigenvalue weighted by Gasteiger charge is -2.30. The van der Waals surface area contributed by atoms with E-state index in [9.17, 15) is 0 Å². The molecule has 1 nitrogen and oxygen atoms in total. The molecule has 2 aromatic carbocycles. The molecule has 0 radical (unpaired) electrons. The molecule has 5 rings (SSSR count). The van der Waals surface area contributed by atoms with Crippen LogP contribution in [0.1, 0.15) is 74.1 Å². The Labute approximate surface area is 145 Å². The molecule has 0 amide bonds. The zero-order chi connectivity index (χ0) is 16.4. The van der Waals surface area contributed by atoms with E-state index >= 15 is 0 Å². The van der Waals surface area contributed by atoms with Gasteiger partial charge in [-0.25, -0.2) is 0 Å². The standard InChI is InChI=1S/C23H27N/c1-22-15-17(14-13-16-11-12-16)18-7-3-4-8-19(18)23(2,24-22)21-10-6-5-9-20(21)22/h3-10,16-17,24H,11-15H2,1-2H3/t17-,22?,23-/m0/s1. The second-order valence-electron chi connectivity index (χ2n) is 8.64. The molecule has 2 heterocycles. The van der Waals surface area contributed by atoms with Crippen molar-refractivity contribution in [2.24, 2.45) is 5.92 Å². The Hall–Kier alpha value is -1.60. The van der Waals surface area contributed by atoms with E-state index in [4.69, 9.17) is 0 Å². The Morgan fingerprint density at radius 3 is 2.29 bits per heavy atom. The molecule has 1 saturated carbocycles. The van der Waals surface area contributed by atoms with Gasteiger partial charge in [0.05, 0.1) is 5.54 Å². The van der Waals surface area contributed by atoms with Crippen LogP contribution in [0.2, 0.25) is 0 Å². The minimum absolute atomic E-state index is 0.0593. The molecule has 3 atom stereocenters. The molecule has 24 heavy (non-hydrogen) atoms. The van der Waals surface area contributed by atoms with Crippen molar-refractivity contribution in [1.82, 2.24) is 5.32 Å². The first-order valence-corrected chi connectivity index (χ1v) is 9.59. The summed E-state index contributed by atoms with van der Waals surface area (Å²) < 4.78 is 0. The highest BCUT2D eigenvalue weighted by molar-refractivity contribution is 5.55. The first-order valence-electron chi connectivity index (χ1n) is 9.59. The largest absolute Gasteiger partial charge is 0.294 e. The van der Waals surface area contributed by atoms with Crippen LogP contribution in [0.3, 0.4) is 0 Å². The van der Waals surface area contributed by atoms with Crippen LogP contribution in [-0.2, 0) is 11.1 Å². The van der Waals surface area contributed by atoms with Crippen LogP contribution >= 0.6 is 0 Å². The van der Waals surface area contributed by atoms with Gasteiger partial charge in [0.25, 0.3) is 0 Å². The normalized spacial score (nSPS) is 33.7. The van der Waals surface area contributed by atoms with Gasteiger partial charge in [-0.15, -0.1) is 0 Å². The minimum Gasteiger partial charge on any atom is -0.294 e. The predicted molar refractivity (Wildman–Crippen MR) is 99.1 cm³/mol. The third kappa shape index (κ3) is 2.04. The van der Waals surface area contributed by atoms with E-state index in [0.717, 1.165) is 5.92 Å². The van der Waals surface area contributed by atoms with Crippen LogP contribution in [0.25, 0.3) is 0 Å². The topological polar surface area (TPSA) is 12.0 Å². The highest BCUT2D eigenvalue weighted by Crippen LogP contribution is 2.54. The summed E-state index contributed by atoms with van der Waals surface area (Å²) in [6.07, 6.45) is 6.89. The van der Waals surface area contributed by atoms with Gasteiger partial charge in [0, 0.05) is 5.54 Å². The predicted octanol–water partition coefficient (Wildman–Crippen LogP) is 5.45. The summed E-state index contributed by atoms with van der Waals surface area (Å²) in [4.78, 5) is 0. The molecule has 124 valence electrons. The molecule has 0 saturated heterocycles. The summed E-state index contributed by atoms with van der Waals surface area (Å²) in [6, 6.07) is 18.3. The van der Waals surface area contributed by atoms with Crippen molar-refractivity contribution in [1.29, 1.82) is 0 Å². The Morgan fingerprint density at radius 1 is 0.875 bits per heavy atom. The molecule has 2 bridgehead atoms. The number of hydrogen-bond acceptors (Lipinski definition) is 1. The van der Waals surface area contributed by atoms with Gasteiger partial charge in [-0.2, -0.15) is 0 Å². The van der Waals surface area contributed by atoms with Crippen LogP contribution in [0.15, 0.2) is 48.5 Å². The SMILES string of the molecule is CC12C[C@H](CCC3CC3)c3ccccc3[C@](C)(N1)c1ccccc12. The third-order valence-electron chi connectivity index (χ3n) is 6.80. The third-order valence-corrected chi connectivity index (χ3v) is 6.80. The average molecular weight is 317 g/mol. The molecule has 1 N–H and O–H groups in total. The molecule has 0 aromatic heterocycles. The van der Waals surface area contributed by atoms with Gasteiger partial charge >= 0.3 is 0 Å². The summed E-state index contributed by atoms with van der Waals surface area (Å²) >= 11 is 0. The average Bonchev–Trinajstić information content (AvgIpc) is 3.39. The van der Waals surface area contributed by atoms with Crippen LogP contribution < -0.4 is 5.32 Å². The van der Waals surface area contributed by atoms with Gasteiger partial charge < -0.3 is 0 Å². The number of hydrogen-bond donors (Lipinski definition) is 1. The van der Waals surface area contributed by atoms with Crippen LogP contribution in [0.4, 0.5) is 0 Å². The molecule has 1 aliphatic carbocycles. The summed E-state index contributed by atoms with van der Waals surface area (Å²) in [6.45, 7) is 4.81. The fourth-order valence-corrected chi connectivity index (χ4v) is 5.47. The van der Waals surface area contributed by atoms with Crippen molar-refractivity contribution in [3.63, 3.8) is 0 Å². The fourth-order valence-electron chi connectivity index (χ4n) is 5.47. The molecule has 1 heteroatoms. The Kier molecular flexibility index (Phi) is 3.04. The van der Waals surface area contributed by atoms with E-state index in [-0.39, 0.29) is 11.1 Å². The Morgan fingerprint density at radius 2 is 1.54 bits per heavy atom. The highest BCUT2D eigenvalue weighted by Gasteiger charge is 2.51. The van der Waals surface area contributed by atoms with Crippen LogP contribution in [0, 0.1) is 5.92 Å². The minimum atomic E-state index is -0.0593. The molecule has 2 aliphatic heterocycles. The molecule has 2 aromatic rings. The van der Waals surface area contributed by atoms with Crippen LogP contribution in [-0.4, -0.2) is 0 Å². The maximum absolute atomic E-state index is 4.06. The Bertz CT molecular complexity index is 790. The number of benzene rings is 2. The fraction of sp³-hybridized carbons (Fsp3) is 0.478. The van der Waals surface area contributed by atoms with Crippen molar-refractivity contribution in [2.75, 3.05) is 0 Å². The number of fused-ring (bicyclic) bond motifs is 7. The molecule has 0 spiro atoms. The lowest BCUT2D eigenvalue weighted by Crippen LogP contribution is -2.43. The second kappa shape index (κ2) is 4.95. The lowest BCUT2D eigenvalue weighted by atomic mass is 9.73. The van der Waals surface area contributed by atoms with Gasteiger partial charge in [-0.3, -0.25) is 5.32 Å². The van der Waals surface area contributed by atoms with Crippen molar-refractivity contribution in [2.45, 2.75) is 62.9 Å². The monoisotopic (exact) mass is 317 g/mol. The first kappa shape index (κ1) is 14.7. The zero-order valence-corrected chi connectivity index (χ0v) is 14.8. The highest BCUT2D eigenvalue weighted by atomic mass is 15.1. The van der Waals surface area contributed by atoms with Gasteiger partial charge in [0.2, 0.25) is 0 Å².